The highest BCUT2D eigenvalue weighted by Crippen LogP contribution is 2.34. The second-order valence-corrected chi connectivity index (χ2v) is 8.86. The molecule has 2 aromatic rings. The molecule has 0 radical (unpaired) electrons. The van der Waals surface area contributed by atoms with Gasteiger partial charge in [-0.25, -0.2) is 4.79 Å². The first-order valence-electron chi connectivity index (χ1n) is 9.38. The Bertz CT molecular complexity index is 877. The molecule has 2 unspecified atom stereocenters. The van der Waals surface area contributed by atoms with Crippen LogP contribution in [0.1, 0.15) is 28.4 Å². The van der Waals surface area contributed by atoms with E-state index in [1.807, 2.05) is 37.3 Å². The molecular formula is C21H26NO6P. The van der Waals surface area contributed by atoms with E-state index in [1.54, 1.807) is 25.3 Å². The largest absolute Gasteiger partial charge is 0.497 e. The van der Waals surface area contributed by atoms with Crippen LogP contribution >= 0.6 is 8.03 Å². The summed E-state index contributed by atoms with van der Waals surface area (Å²) in [7, 11) is -1.24. The van der Waals surface area contributed by atoms with Crippen LogP contribution in [0.4, 0.5) is 0 Å². The van der Waals surface area contributed by atoms with Crippen LogP contribution in [0.15, 0.2) is 48.5 Å². The highest BCUT2D eigenvalue weighted by Gasteiger charge is 2.37. The zero-order valence-electron chi connectivity index (χ0n) is 16.4. The summed E-state index contributed by atoms with van der Waals surface area (Å²) in [4.78, 5) is 21.2. The number of carboxylic acids is 1. The van der Waals surface area contributed by atoms with Gasteiger partial charge in [-0.1, -0.05) is 24.3 Å². The van der Waals surface area contributed by atoms with Crippen molar-refractivity contribution in [3.8, 4) is 5.75 Å². The molecule has 1 fully saturated rings. The van der Waals surface area contributed by atoms with Gasteiger partial charge < -0.3 is 24.8 Å². The molecule has 0 amide bonds. The van der Waals surface area contributed by atoms with Crippen LogP contribution in [-0.2, 0) is 21.3 Å². The number of methoxy groups -OCH3 is 1. The topological polar surface area (TPSA) is 105 Å². The van der Waals surface area contributed by atoms with E-state index in [0.29, 0.717) is 13.0 Å². The molecule has 1 aliphatic rings. The third kappa shape index (κ3) is 5.06. The van der Waals surface area contributed by atoms with Crippen molar-refractivity contribution >= 4 is 14.0 Å². The minimum Gasteiger partial charge on any atom is -0.497 e. The molecule has 1 heterocycles. The monoisotopic (exact) mass is 419 g/mol. The van der Waals surface area contributed by atoms with Crippen molar-refractivity contribution in [2.75, 3.05) is 20.3 Å². The van der Waals surface area contributed by atoms with Crippen LogP contribution in [0.2, 0.25) is 0 Å². The Balaban J connectivity index is 1.70. The van der Waals surface area contributed by atoms with Crippen molar-refractivity contribution in [1.29, 1.82) is 0 Å². The third-order valence-corrected chi connectivity index (χ3v) is 6.62. The molecule has 0 aliphatic carbocycles. The lowest BCUT2D eigenvalue weighted by atomic mass is 9.89. The lowest BCUT2D eigenvalue weighted by Crippen LogP contribution is -2.55. The minimum absolute atomic E-state index is 0.213. The summed E-state index contributed by atoms with van der Waals surface area (Å²) in [6.07, 6.45) is 0.0137. The Morgan fingerprint density at radius 2 is 2.07 bits per heavy atom. The molecule has 3 rings (SSSR count). The summed E-state index contributed by atoms with van der Waals surface area (Å²) in [6.45, 7) is 2.60. The molecule has 1 aliphatic heterocycles. The molecule has 29 heavy (non-hydrogen) atoms. The van der Waals surface area contributed by atoms with Gasteiger partial charge in [0, 0.05) is 6.54 Å². The number of hydrogen-bond acceptors (Lipinski definition) is 5. The molecule has 0 saturated carbocycles. The molecule has 156 valence electrons. The minimum atomic E-state index is -2.83. The average molecular weight is 419 g/mol. The van der Waals surface area contributed by atoms with E-state index < -0.39 is 31.3 Å². The Morgan fingerprint density at radius 3 is 2.62 bits per heavy atom. The molecule has 4 atom stereocenters. The fourth-order valence-corrected chi connectivity index (χ4v) is 4.48. The van der Waals surface area contributed by atoms with E-state index in [0.717, 1.165) is 16.9 Å². The Hall–Kier alpha value is -2.18. The third-order valence-electron chi connectivity index (χ3n) is 5.41. The second kappa shape index (κ2) is 9.09. The number of morpholine rings is 1. The average Bonchev–Trinajstić information content (AvgIpc) is 2.73. The maximum Gasteiger partial charge on any atom is 0.335 e. The van der Waals surface area contributed by atoms with E-state index in [9.17, 15) is 19.4 Å². The van der Waals surface area contributed by atoms with Gasteiger partial charge in [-0.15, -0.1) is 0 Å². The molecule has 0 aromatic heterocycles. The fraction of sp³-hybridized carbons (Fsp3) is 0.381. The van der Waals surface area contributed by atoms with E-state index in [2.05, 4.69) is 5.32 Å². The number of rotatable bonds is 7. The summed E-state index contributed by atoms with van der Waals surface area (Å²) in [5.41, 5.74) is 0.868. The molecule has 8 heteroatoms. The predicted octanol–water partition coefficient (Wildman–Crippen LogP) is 2.68. The Morgan fingerprint density at radius 1 is 1.34 bits per heavy atom. The smallest absolute Gasteiger partial charge is 0.335 e. The zero-order valence-corrected chi connectivity index (χ0v) is 17.4. The van der Waals surface area contributed by atoms with Gasteiger partial charge in [0.1, 0.15) is 5.75 Å². The van der Waals surface area contributed by atoms with E-state index in [4.69, 9.17) is 9.47 Å². The first-order valence-corrected chi connectivity index (χ1v) is 10.8. The number of carbonyl (C=O) groups is 1. The van der Waals surface area contributed by atoms with Gasteiger partial charge in [-0.3, -0.25) is 4.57 Å². The van der Waals surface area contributed by atoms with E-state index in [-0.39, 0.29) is 12.2 Å². The van der Waals surface area contributed by atoms with Crippen molar-refractivity contribution in [3.05, 3.63) is 65.2 Å². The molecule has 0 bridgehead atoms. The predicted molar refractivity (Wildman–Crippen MR) is 110 cm³/mol. The lowest BCUT2D eigenvalue weighted by Gasteiger charge is -2.41. The number of hydrogen-bond donors (Lipinski definition) is 3. The van der Waals surface area contributed by atoms with Crippen molar-refractivity contribution in [3.63, 3.8) is 0 Å². The molecule has 2 aromatic carbocycles. The fourth-order valence-electron chi connectivity index (χ4n) is 3.54. The Labute approximate surface area is 170 Å². The summed E-state index contributed by atoms with van der Waals surface area (Å²) in [5, 5.41) is 12.6. The molecule has 3 N–H and O–H groups in total. The maximum absolute atomic E-state index is 12.1. The standard InChI is InChI=1S/C21H26NO6P/c1-21(16-5-3-4-15(11-16)20(23)24)13-28-18(12-22-21)19(29(25)26)10-14-6-8-17(27-2)9-7-14/h3-9,11,18-19,22,29H,10,12-13H2,1-2H3,(H,23,24)(H,25,26)/t18-,19?,21-/m0/s1. The highest BCUT2D eigenvalue weighted by atomic mass is 31.1. The van der Waals surface area contributed by atoms with E-state index in [1.165, 1.54) is 0 Å². The highest BCUT2D eigenvalue weighted by molar-refractivity contribution is 7.39. The van der Waals surface area contributed by atoms with Crippen molar-refractivity contribution in [1.82, 2.24) is 5.32 Å². The summed E-state index contributed by atoms with van der Waals surface area (Å²) >= 11 is 0. The summed E-state index contributed by atoms with van der Waals surface area (Å²) in [5.74, 6) is -0.250. The second-order valence-electron chi connectivity index (χ2n) is 7.45. The van der Waals surface area contributed by atoms with Crippen LogP contribution in [0, 0.1) is 0 Å². The SMILES string of the molecule is COc1ccc(CC([C@@H]2CN[C@](C)(c3cccc(C(=O)O)c3)CO2)[PH](=O)O)cc1. The molecular weight excluding hydrogens is 393 g/mol. The van der Waals surface area contributed by atoms with Gasteiger partial charge in [-0.05, 0) is 48.7 Å². The normalized spacial score (nSPS) is 23.9. The van der Waals surface area contributed by atoms with Crippen LogP contribution in [0.3, 0.4) is 0 Å². The first kappa shape index (κ1) is 21.5. The van der Waals surface area contributed by atoms with Crippen LogP contribution in [0.5, 0.6) is 5.75 Å². The molecule has 1 saturated heterocycles. The van der Waals surface area contributed by atoms with Gasteiger partial charge in [0.2, 0.25) is 0 Å². The van der Waals surface area contributed by atoms with Gasteiger partial charge in [0.15, 0.2) is 8.03 Å². The zero-order chi connectivity index (χ0) is 21.0. The molecule has 7 nitrogen and oxygen atoms in total. The van der Waals surface area contributed by atoms with Crippen LogP contribution in [0.25, 0.3) is 0 Å². The molecule has 0 spiro atoms. The first-order chi connectivity index (χ1) is 13.8. The van der Waals surface area contributed by atoms with Gasteiger partial charge in [0.25, 0.3) is 0 Å². The quantitative estimate of drug-likeness (QED) is 0.593. The van der Waals surface area contributed by atoms with Gasteiger partial charge >= 0.3 is 5.97 Å². The number of aromatic carboxylic acids is 1. The van der Waals surface area contributed by atoms with Crippen LogP contribution < -0.4 is 10.1 Å². The van der Waals surface area contributed by atoms with Crippen LogP contribution in [-0.4, -0.2) is 48.0 Å². The Kier molecular flexibility index (Phi) is 6.75. The maximum atomic E-state index is 12.1. The number of carboxylic acid groups (broad SMARTS) is 1. The summed E-state index contributed by atoms with van der Waals surface area (Å²) < 4.78 is 23.2. The number of nitrogens with one attached hydrogen (secondary N) is 1. The number of ether oxygens (including phenoxy) is 2. The summed E-state index contributed by atoms with van der Waals surface area (Å²) in [6, 6.07) is 14.2. The number of benzene rings is 2. The van der Waals surface area contributed by atoms with Gasteiger partial charge in [0.05, 0.1) is 36.6 Å². The van der Waals surface area contributed by atoms with Crippen molar-refractivity contribution < 1.29 is 28.8 Å². The lowest BCUT2D eigenvalue weighted by molar-refractivity contribution is -0.0313. The van der Waals surface area contributed by atoms with E-state index >= 15 is 0 Å². The van der Waals surface area contributed by atoms with Gasteiger partial charge in [-0.2, -0.15) is 0 Å². The van der Waals surface area contributed by atoms with Crippen molar-refractivity contribution in [2.45, 2.75) is 30.6 Å². The van der Waals surface area contributed by atoms with Crippen molar-refractivity contribution in [2.24, 2.45) is 0 Å².